The molecule has 0 radical (unpaired) electrons. The lowest BCUT2D eigenvalue weighted by molar-refractivity contribution is -0.111. The fraction of sp³-hybridized carbons (Fsp3) is 0.143. The average molecular weight is 168 g/mol. The van der Waals surface area contributed by atoms with E-state index in [2.05, 4.69) is 16.9 Å². The molecule has 58 valence electrons. The minimum atomic E-state index is -0.223. The average Bonchev–Trinajstić information content (AvgIpc) is 2.35. The van der Waals surface area contributed by atoms with Gasteiger partial charge in [-0.2, -0.15) is 0 Å². The number of carbonyl (C=O) groups excluding carboxylic acids is 1. The number of nitrogens with one attached hydrogen (secondary N) is 1. The van der Waals surface area contributed by atoms with Crippen LogP contribution in [0.4, 0.5) is 5.13 Å². The van der Waals surface area contributed by atoms with Gasteiger partial charge >= 0.3 is 0 Å². The number of thiazole rings is 1. The molecule has 0 aromatic carbocycles. The molecule has 11 heavy (non-hydrogen) atoms. The van der Waals surface area contributed by atoms with Gasteiger partial charge in [-0.15, -0.1) is 11.3 Å². The van der Waals surface area contributed by atoms with Gasteiger partial charge in [0.1, 0.15) is 0 Å². The van der Waals surface area contributed by atoms with E-state index in [0.717, 1.165) is 5.69 Å². The number of aromatic nitrogens is 1. The highest BCUT2D eigenvalue weighted by molar-refractivity contribution is 7.13. The number of amides is 1. The van der Waals surface area contributed by atoms with E-state index in [1.807, 2.05) is 12.3 Å². The highest BCUT2D eigenvalue weighted by Gasteiger charge is 1.99. The van der Waals surface area contributed by atoms with E-state index in [1.54, 1.807) is 0 Å². The van der Waals surface area contributed by atoms with Crippen LogP contribution in [0.1, 0.15) is 5.69 Å². The van der Waals surface area contributed by atoms with Crippen LogP contribution in [0.25, 0.3) is 0 Å². The van der Waals surface area contributed by atoms with Gasteiger partial charge < -0.3 is 0 Å². The lowest BCUT2D eigenvalue weighted by atomic mass is 10.6. The number of anilines is 1. The van der Waals surface area contributed by atoms with Crippen LogP contribution in [0.15, 0.2) is 18.0 Å². The van der Waals surface area contributed by atoms with Crippen molar-refractivity contribution >= 4 is 22.4 Å². The molecule has 1 aromatic rings. The second-order valence-electron chi connectivity index (χ2n) is 1.99. The van der Waals surface area contributed by atoms with Gasteiger partial charge in [0.25, 0.3) is 0 Å². The molecule has 1 aromatic heterocycles. The molecule has 4 heteroatoms. The largest absolute Gasteiger partial charge is 0.298 e. The summed E-state index contributed by atoms with van der Waals surface area (Å²) in [4.78, 5) is 14.8. The Morgan fingerprint density at radius 3 is 3.09 bits per heavy atom. The summed E-state index contributed by atoms with van der Waals surface area (Å²) in [5, 5.41) is 5.05. The normalized spacial score (nSPS) is 9.18. The predicted molar refractivity (Wildman–Crippen MR) is 45.7 cm³/mol. The lowest BCUT2D eigenvalue weighted by Gasteiger charge is -1.92. The summed E-state index contributed by atoms with van der Waals surface area (Å²) >= 11 is 1.40. The zero-order chi connectivity index (χ0) is 8.27. The molecule has 1 rings (SSSR count). The van der Waals surface area contributed by atoms with Crippen molar-refractivity contribution in [2.45, 2.75) is 6.92 Å². The molecular weight excluding hydrogens is 160 g/mol. The Hall–Kier alpha value is -1.16. The van der Waals surface area contributed by atoms with Crippen LogP contribution in [0.2, 0.25) is 0 Å². The van der Waals surface area contributed by atoms with Crippen molar-refractivity contribution in [3.63, 3.8) is 0 Å². The first-order valence-electron chi connectivity index (χ1n) is 3.08. The monoisotopic (exact) mass is 168 g/mol. The zero-order valence-corrected chi connectivity index (χ0v) is 6.94. The van der Waals surface area contributed by atoms with Crippen molar-refractivity contribution in [1.82, 2.24) is 4.98 Å². The lowest BCUT2D eigenvalue weighted by Crippen LogP contribution is -2.06. The first-order valence-corrected chi connectivity index (χ1v) is 3.96. The minimum absolute atomic E-state index is 0.223. The van der Waals surface area contributed by atoms with Crippen LogP contribution in [0.5, 0.6) is 0 Å². The highest BCUT2D eigenvalue weighted by Crippen LogP contribution is 2.13. The third kappa shape index (κ3) is 2.16. The van der Waals surface area contributed by atoms with Crippen molar-refractivity contribution in [1.29, 1.82) is 0 Å². The van der Waals surface area contributed by atoms with Crippen LogP contribution in [-0.4, -0.2) is 10.9 Å². The van der Waals surface area contributed by atoms with Crippen LogP contribution >= 0.6 is 11.3 Å². The maximum absolute atomic E-state index is 10.7. The second kappa shape index (κ2) is 3.30. The van der Waals surface area contributed by atoms with E-state index in [-0.39, 0.29) is 5.91 Å². The summed E-state index contributed by atoms with van der Waals surface area (Å²) in [6, 6.07) is 0. The number of hydrogen-bond donors (Lipinski definition) is 1. The van der Waals surface area contributed by atoms with Gasteiger partial charge in [0, 0.05) is 5.38 Å². The standard InChI is InChI=1S/C7H8N2OS/c1-3-6(10)9-7-8-5(2)4-11-7/h3-4H,1H2,2H3,(H,8,9,10). The molecule has 1 heterocycles. The zero-order valence-electron chi connectivity index (χ0n) is 6.13. The number of hydrogen-bond acceptors (Lipinski definition) is 3. The third-order valence-electron chi connectivity index (χ3n) is 1.03. The summed E-state index contributed by atoms with van der Waals surface area (Å²) in [5.74, 6) is -0.223. The maximum atomic E-state index is 10.7. The van der Waals surface area contributed by atoms with Gasteiger partial charge in [-0.05, 0) is 13.0 Å². The van der Waals surface area contributed by atoms with Crippen molar-refractivity contribution in [3.8, 4) is 0 Å². The Morgan fingerprint density at radius 1 is 1.91 bits per heavy atom. The second-order valence-corrected chi connectivity index (χ2v) is 2.85. The van der Waals surface area contributed by atoms with E-state index in [4.69, 9.17) is 0 Å². The van der Waals surface area contributed by atoms with E-state index in [1.165, 1.54) is 17.4 Å². The predicted octanol–water partition coefficient (Wildman–Crippen LogP) is 1.58. The summed E-state index contributed by atoms with van der Waals surface area (Å²) < 4.78 is 0. The van der Waals surface area contributed by atoms with Crippen LogP contribution in [0, 0.1) is 6.92 Å². The minimum Gasteiger partial charge on any atom is -0.298 e. The fourth-order valence-corrected chi connectivity index (χ4v) is 1.26. The van der Waals surface area contributed by atoms with Crippen LogP contribution in [-0.2, 0) is 4.79 Å². The van der Waals surface area contributed by atoms with Gasteiger partial charge in [-0.3, -0.25) is 10.1 Å². The highest BCUT2D eigenvalue weighted by atomic mass is 32.1. The van der Waals surface area contributed by atoms with Crippen molar-refractivity contribution in [3.05, 3.63) is 23.7 Å². The summed E-state index contributed by atoms with van der Waals surface area (Å²) in [6.45, 7) is 5.20. The molecular formula is C7H8N2OS. The summed E-state index contributed by atoms with van der Waals surface area (Å²) in [5.41, 5.74) is 0.911. The Morgan fingerprint density at radius 2 is 2.64 bits per heavy atom. The van der Waals surface area contributed by atoms with Gasteiger partial charge in [-0.1, -0.05) is 6.58 Å². The Kier molecular flexibility index (Phi) is 2.38. The van der Waals surface area contributed by atoms with Gasteiger partial charge in [0.15, 0.2) is 5.13 Å². The number of carbonyl (C=O) groups is 1. The fourth-order valence-electron chi connectivity index (χ4n) is 0.568. The third-order valence-corrected chi connectivity index (χ3v) is 1.91. The molecule has 3 nitrogen and oxygen atoms in total. The van der Waals surface area contributed by atoms with E-state index < -0.39 is 0 Å². The van der Waals surface area contributed by atoms with Gasteiger partial charge in [-0.25, -0.2) is 4.98 Å². The number of nitrogens with zero attached hydrogens (tertiary/aromatic N) is 1. The number of rotatable bonds is 2. The van der Waals surface area contributed by atoms with Crippen molar-refractivity contribution in [2.75, 3.05) is 5.32 Å². The topological polar surface area (TPSA) is 42.0 Å². The Balaban J connectivity index is 2.64. The molecule has 0 aliphatic carbocycles. The Bertz CT molecular complexity index is 280. The van der Waals surface area contributed by atoms with E-state index in [9.17, 15) is 4.79 Å². The molecule has 0 unspecified atom stereocenters. The van der Waals surface area contributed by atoms with Crippen LogP contribution in [0.3, 0.4) is 0 Å². The molecule has 0 atom stereocenters. The number of aryl methyl sites for hydroxylation is 1. The molecule has 1 N–H and O–H groups in total. The first kappa shape index (κ1) is 7.94. The van der Waals surface area contributed by atoms with Gasteiger partial charge in [0.2, 0.25) is 5.91 Å². The molecule has 0 fully saturated rings. The molecule has 0 saturated carbocycles. The van der Waals surface area contributed by atoms with Crippen molar-refractivity contribution < 1.29 is 4.79 Å². The smallest absolute Gasteiger partial charge is 0.249 e. The molecule has 0 saturated heterocycles. The van der Waals surface area contributed by atoms with E-state index >= 15 is 0 Å². The molecule has 0 spiro atoms. The molecule has 0 aliphatic heterocycles. The van der Waals surface area contributed by atoms with E-state index in [0.29, 0.717) is 5.13 Å². The maximum Gasteiger partial charge on any atom is 0.249 e. The molecule has 0 aliphatic rings. The van der Waals surface area contributed by atoms with Crippen LogP contribution < -0.4 is 5.32 Å². The molecule has 0 bridgehead atoms. The molecule has 1 amide bonds. The Labute approximate surface area is 68.8 Å². The first-order chi connectivity index (χ1) is 5.22. The van der Waals surface area contributed by atoms with Crippen molar-refractivity contribution in [2.24, 2.45) is 0 Å². The SMILES string of the molecule is C=CC(=O)Nc1nc(C)cs1. The summed E-state index contributed by atoms with van der Waals surface area (Å²) in [6.07, 6.45) is 1.22. The van der Waals surface area contributed by atoms with Gasteiger partial charge in [0.05, 0.1) is 5.69 Å². The quantitative estimate of drug-likeness (QED) is 0.681. The summed E-state index contributed by atoms with van der Waals surface area (Å²) in [7, 11) is 0.